The number of hydrazone groups is 1. The number of amides is 2. The molecule has 2 N–H and O–H groups in total. The second kappa shape index (κ2) is 10.3. The first-order valence-corrected chi connectivity index (χ1v) is 12.4. The zero-order valence-electron chi connectivity index (χ0n) is 21.2. The van der Waals surface area contributed by atoms with Crippen LogP contribution in [0.15, 0.2) is 82.3 Å². The molecule has 0 radical (unpaired) electrons. The van der Waals surface area contributed by atoms with E-state index in [1.807, 2.05) is 81.4 Å². The highest BCUT2D eigenvalue weighted by molar-refractivity contribution is 6.09. The van der Waals surface area contributed by atoms with Crippen LogP contribution >= 0.6 is 0 Å². The first-order chi connectivity index (χ1) is 17.9. The lowest BCUT2D eigenvalue weighted by Crippen LogP contribution is -2.22. The third-order valence-corrected chi connectivity index (χ3v) is 6.93. The Labute approximate surface area is 216 Å². The topological polar surface area (TPSA) is 83.7 Å². The van der Waals surface area contributed by atoms with Crippen molar-refractivity contribution >= 4 is 23.2 Å². The minimum Gasteiger partial charge on any atom is -0.455 e. The number of nitrogens with one attached hydrogen (secondary N) is 2. The SMILES string of the molecule is Cc1cccc(NC(=O)c2oc3c(c2C)/C(=N/NC(=O)c2ccc(-c4ccccc4)cc2)CCC3)c1C. The average Bonchev–Trinajstić information content (AvgIpc) is 3.27. The molecular weight excluding hydrogens is 462 g/mol. The molecule has 1 aliphatic carbocycles. The Balaban J connectivity index is 1.33. The zero-order chi connectivity index (χ0) is 25.9. The van der Waals surface area contributed by atoms with Crippen molar-refractivity contribution in [1.82, 2.24) is 5.43 Å². The van der Waals surface area contributed by atoms with Crippen molar-refractivity contribution in [1.29, 1.82) is 0 Å². The Morgan fingerprint density at radius 1 is 0.784 bits per heavy atom. The molecule has 0 spiro atoms. The second-order valence-electron chi connectivity index (χ2n) is 9.35. The lowest BCUT2D eigenvalue weighted by atomic mass is 9.93. The standard InChI is InChI=1S/C31H29N3O3/c1-19-9-7-12-25(20(19)2)32-31(36)29-21(3)28-26(13-8-14-27(28)37-29)33-34-30(35)24-17-15-23(16-18-24)22-10-5-4-6-11-22/h4-7,9-12,15-18H,8,13-14H2,1-3H3,(H,32,36)(H,34,35)/b33-26+. The molecule has 1 aliphatic rings. The van der Waals surface area contributed by atoms with Gasteiger partial charge < -0.3 is 9.73 Å². The molecule has 0 saturated carbocycles. The van der Waals surface area contributed by atoms with Gasteiger partial charge >= 0.3 is 0 Å². The molecule has 4 aromatic rings. The lowest BCUT2D eigenvalue weighted by Gasteiger charge is -2.13. The number of nitrogens with zero attached hydrogens (tertiary/aromatic N) is 1. The van der Waals surface area contributed by atoms with E-state index < -0.39 is 0 Å². The Morgan fingerprint density at radius 2 is 1.51 bits per heavy atom. The van der Waals surface area contributed by atoms with Crippen LogP contribution in [0.2, 0.25) is 0 Å². The Morgan fingerprint density at radius 3 is 2.27 bits per heavy atom. The van der Waals surface area contributed by atoms with Crippen molar-refractivity contribution < 1.29 is 14.0 Å². The Kier molecular flexibility index (Phi) is 6.73. The maximum atomic E-state index is 13.1. The summed E-state index contributed by atoms with van der Waals surface area (Å²) in [7, 11) is 0. The van der Waals surface area contributed by atoms with Crippen molar-refractivity contribution in [2.45, 2.75) is 40.0 Å². The molecule has 0 aliphatic heterocycles. The van der Waals surface area contributed by atoms with E-state index in [0.29, 0.717) is 12.0 Å². The summed E-state index contributed by atoms with van der Waals surface area (Å²) in [5.74, 6) is 0.439. The first kappa shape index (κ1) is 24.3. The third kappa shape index (κ3) is 4.96. The van der Waals surface area contributed by atoms with Gasteiger partial charge in [-0.2, -0.15) is 5.10 Å². The average molecular weight is 492 g/mol. The van der Waals surface area contributed by atoms with Gasteiger partial charge in [0.2, 0.25) is 0 Å². The minimum absolute atomic E-state index is 0.281. The fraction of sp³-hybridized carbons (Fsp3) is 0.194. The van der Waals surface area contributed by atoms with Gasteiger partial charge in [0.05, 0.1) is 5.71 Å². The molecule has 0 fully saturated rings. The molecule has 186 valence electrons. The molecule has 1 heterocycles. The van der Waals surface area contributed by atoms with Crippen molar-refractivity contribution in [2.24, 2.45) is 5.10 Å². The summed E-state index contributed by atoms with van der Waals surface area (Å²) in [6, 6.07) is 23.3. The molecule has 0 atom stereocenters. The second-order valence-corrected chi connectivity index (χ2v) is 9.35. The predicted molar refractivity (Wildman–Crippen MR) is 146 cm³/mol. The molecule has 0 saturated heterocycles. The number of carbonyl (C=O) groups excluding carboxylic acids is 2. The minimum atomic E-state index is -0.289. The van der Waals surface area contributed by atoms with E-state index in [2.05, 4.69) is 15.8 Å². The van der Waals surface area contributed by atoms with Gasteiger partial charge in [0.25, 0.3) is 11.8 Å². The highest BCUT2D eigenvalue weighted by Gasteiger charge is 2.28. The van der Waals surface area contributed by atoms with Crippen molar-refractivity contribution in [2.75, 3.05) is 5.32 Å². The van der Waals surface area contributed by atoms with E-state index in [-0.39, 0.29) is 17.6 Å². The van der Waals surface area contributed by atoms with Gasteiger partial charge in [0.1, 0.15) is 5.76 Å². The van der Waals surface area contributed by atoms with Gasteiger partial charge in [0, 0.05) is 28.8 Å². The molecule has 3 aromatic carbocycles. The zero-order valence-corrected chi connectivity index (χ0v) is 21.2. The van der Waals surface area contributed by atoms with Gasteiger partial charge in [-0.05, 0) is 74.1 Å². The Bertz CT molecular complexity index is 1500. The highest BCUT2D eigenvalue weighted by atomic mass is 16.4. The number of aryl methyl sites for hydroxylation is 2. The van der Waals surface area contributed by atoms with Gasteiger partial charge in [0.15, 0.2) is 5.76 Å². The number of fused-ring (bicyclic) bond motifs is 1. The largest absolute Gasteiger partial charge is 0.455 e. The fourth-order valence-corrected chi connectivity index (χ4v) is 4.69. The molecule has 2 amide bonds. The normalized spacial score (nSPS) is 13.8. The van der Waals surface area contributed by atoms with Gasteiger partial charge in [-0.1, -0.05) is 54.6 Å². The number of rotatable bonds is 5. The fourth-order valence-electron chi connectivity index (χ4n) is 4.69. The summed E-state index contributed by atoms with van der Waals surface area (Å²) >= 11 is 0. The maximum absolute atomic E-state index is 13.1. The van der Waals surface area contributed by atoms with Crippen molar-refractivity contribution in [3.8, 4) is 11.1 Å². The first-order valence-electron chi connectivity index (χ1n) is 12.4. The summed E-state index contributed by atoms with van der Waals surface area (Å²) in [6.45, 7) is 5.86. The summed E-state index contributed by atoms with van der Waals surface area (Å²) in [5, 5.41) is 7.43. The molecule has 6 heteroatoms. The molecule has 6 nitrogen and oxygen atoms in total. The Hall–Kier alpha value is -4.45. The molecule has 0 unspecified atom stereocenters. The van der Waals surface area contributed by atoms with Crippen LogP contribution in [-0.2, 0) is 6.42 Å². The molecule has 37 heavy (non-hydrogen) atoms. The molecular formula is C31H29N3O3. The van der Waals surface area contributed by atoms with Crippen molar-refractivity contribution in [3.63, 3.8) is 0 Å². The van der Waals surface area contributed by atoms with E-state index in [4.69, 9.17) is 4.42 Å². The summed E-state index contributed by atoms with van der Waals surface area (Å²) < 4.78 is 6.01. The molecule has 5 rings (SSSR count). The third-order valence-electron chi connectivity index (χ3n) is 6.93. The van der Waals surface area contributed by atoms with Crippen LogP contribution in [0, 0.1) is 20.8 Å². The van der Waals surface area contributed by atoms with Crippen LogP contribution in [0.25, 0.3) is 11.1 Å². The number of carbonyl (C=O) groups is 2. The smallest absolute Gasteiger partial charge is 0.291 e. The molecule has 1 aromatic heterocycles. The van der Waals surface area contributed by atoms with Crippen LogP contribution in [0.1, 0.15) is 61.8 Å². The summed E-state index contributed by atoms with van der Waals surface area (Å²) in [5.41, 5.74) is 10.5. The number of furan rings is 1. The number of hydrogen-bond acceptors (Lipinski definition) is 4. The van der Waals surface area contributed by atoms with Crippen molar-refractivity contribution in [3.05, 3.63) is 112 Å². The number of benzene rings is 3. The molecule has 0 bridgehead atoms. The van der Waals surface area contributed by atoms with Crippen LogP contribution in [0.5, 0.6) is 0 Å². The van der Waals surface area contributed by atoms with E-state index in [9.17, 15) is 9.59 Å². The predicted octanol–water partition coefficient (Wildman–Crippen LogP) is 6.59. The van der Waals surface area contributed by atoms with Gasteiger partial charge in [-0.25, -0.2) is 5.43 Å². The quantitative estimate of drug-likeness (QED) is 0.309. The van der Waals surface area contributed by atoms with Crippen LogP contribution < -0.4 is 10.7 Å². The van der Waals surface area contributed by atoms with E-state index in [1.165, 1.54) is 0 Å². The van der Waals surface area contributed by atoms with Crippen LogP contribution in [0.4, 0.5) is 5.69 Å². The van der Waals surface area contributed by atoms with E-state index in [1.54, 1.807) is 12.1 Å². The summed E-state index contributed by atoms with van der Waals surface area (Å²) in [6.07, 6.45) is 2.25. The highest BCUT2D eigenvalue weighted by Crippen LogP contribution is 2.31. The van der Waals surface area contributed by atoms with Gasteiger partial charge in [-0.3, -0.25) is 9.59 Å². The van der Waals surface area contributed by atoms with E-state index >= 15 is 0 Å². The van der Waals surface area contributed by atoms with E-state index in [0.717, 1.165) is 63.4 Å². The van der Waals surface area contributed by atoms with Crippen LogP contribution in [-0.4, -0.2) is 17.5 Å². The van der Waals surface area contributed by atoms with Gasteiger partial charge in [-0.15, -0.1) is 0 Å². The number of hydrogen-bond donors (Lipinski definition) is 2. The number of anilines is 1. The summed E-state index contributed by atoms with van der Waals surface area (Å²) in [4.78, 5) is 25.9. The van der Waals surface area contributed by atoms with Crippen LogP contribution in [0.3, 0.4) is 0 Å². The maximum Gasteiger partial charge on any atom is 0.291 e. The monoisotopic (exact) mass is 491 g/mol. The lowest BCUT2D eigenvalue weighted by molar-refractivity contribution is 0.0953.